The topological polar surface area (TPSA) is 136 Å². The van der Waals surface area contributed by atoms with Gasteiger partial charge >= 0.3 is 0 Å². The average molecular weight is 859 g/mol. The molecule has 4 aliphatic rings. The Balaban J connectivity index is 1.05. The van der Waals surface area contributed by atoms with Crippen molar-refractivity contribution < 1.29 is 4.79 Å². The van der Waals surface area contributed by atoms with E-state index in [0.29, 0.717) is 37.3 Å². The van der Waals surface area contributed by atoms with E-state index in [1.807, 2.05) is 111 Å². The molecule has 0 fully saturated rings. The quantitative estimate of drug-likeness (QED) is 0.121. The molecule has 0 saturated carbocycles. The fourth-order valence-corrected chi connectivity index (χ4v) is 10.8. The molecule has 12 heterocycles. The Bertz CT molecular complexity index is 3440. The molecule has 0 bridgehead atoms. The van der Waals surface area contributed by atoms with E-state index in [0.717, 1.165) is 89.1 Å². The summed E-state index contributed by atoms with van der Waals surface area (Å²) in [5.74, 6) is -0.108. The highest BCUT2D eigenvalue weighted by molar-refractivity contribution is 6.13. The van der Waals surface area contributed by atoms with Crippen molar-refractivity contribution in [3.05, 3.63) is 191 Å². The fourth-order valence-electron chi connectivity index (χ4n) is 10.8. The number of carbonyl (C=O) groups excluding carboxylic acids is 1. The Hall–Kier alpha value is -8.97. The van der Waals surface area contributed by atoms with E-state index in [9.17, 15) is 0 Å². The summed E-state index contributed by atoms with van der Waals surface area (Å²) in [5, 5.41) is 17.7. The maximum atomic E-state index is 16.0. The number of pyridine rings is 4. The number of rotatable bonds is 6. The van der Waals surface area contributed by atoms with Crippen LogP contribution in [0.1, 0.15) is 61.0 Å². The Morgan fingerprint density at radius 1 is 0.394 bits per heavy atom. The largest absolute Gasteiger partial charge is 0.387 e. The van der Waals surface area contributed by atoms with Crippen molar-refractivity contribution in [3.8, 4) is 22.7 Å². The number of nitrogens with one attached hydrogen (secondary N) is 4. The van der Waals surface area contributed by atoms with Gasteiger partial charge in [0.15, 0.2) is 5.78 Å². The molecule has 0 radical (unpaired) electrons. The molecular formula is C53H38N12O. The minimum Gasteiger partial charge on any atom is -0.387 e. The Morgan fingerprint density at radius 2 is 0.682 bits per heavy atom. The molecule has 316 valence electrons. The summed E-state index contributed by atoms with van der Waals surface area (Å²) >= 11 is 0. The van der Waals surface area contributed by atoms with Gasteiger partial charge in [-0.15, -0.1) is 0 Å². The summed E-state index contributed by atoms with van der Waals surface area (Å²) in [7, 11) is 0. The second kappa shape index (κ2) is 14.0. The maximum absolute atomic E-state index is 16.0. The van der Waals surface area contributed by atoms with Crippen LogP contribution < -0.4 is 21.3 Å². The highest BCUT2D eigenvalue weighted by atomic mass is 16.1. The fraction of sp³-hybridized carbons (Fsp3) is 0.0755. The third-order valence-electron chi connectivity index (χ3n) is 13.6. The van der Waals surface area contributed by atoms with E-state index >= 15 is 4.79 Å². The van der Waals surface area contributed by atoms with Crippen LogP contribution in [0.4, 0.5) is 0 Å². The van der Waals surface area contributed by atoms with Gasteiger partial charge in [-0.25, -0.2) is 0 Å². The lowest BCUT2D eigenvalue weighted by molar-refractivity contribution is 0.103. The smallest absolute Gasteiger partial charge is 0.193 e. The van der Waals surface area contributed by atoms with Crippen molar-refractivity contribution in [1.82, 2.24) is 59.5 Å². The van der Waals surface area contributed by atoms with Gasteiger partial charge in [-0.2, -0.15) is 0 Å². The summed E-state index contributed by atoms with van der Waals surface area (Å²) in [5.41, 5.74) is 17.7. The third-order valence-corrected chi connectivity index (χ3v) is 13.6. The van der Waals surface area contributed by atoms with Crippen LogP contribution >= 0.6 is 0 Å². The second-order valence-corrected chi connectivity index (χ2v) is 17.0. The maximum Gasteiger partial charge on any atom is 0.193 e. The number of ketones is 1. The molecule has 66 heavy (non-hydrogen) atoms. The molecular weight excluding hydrogens is 821 g/mol. The van der Waals surface area contributed by atoms with Gasteiger partial charge in [0.1, 0.15) is 0 Å². The average Bonchev–Trinajstić information content (AvgIpc) is 4.11. The Labute approximate surface area is 376 Å². The summed E-state index contributed by atoms with van der Waals surface area (Å²) in [6, 6.07) is 20.7. The monoisotopic (exact) mass is 858 g/mol. The van der Waals surface area contributed by atoms with E-state index in [-0.39, 0.29) is 5.78 Å². The molecule has 4 N–H and O–H groups in total. The van der Waals surface area contributed by atoms with Gasteiger partial charge in [0.25, 0.3) is 0 Å². The summed E-state index contributed by atoms with van der Waals surface area (Å²) in [6.07, 6.45) is 31.4. The van der Waals surface area contributed by atoms with Gasteiger partial charge in [0.2, 0.25) is 0 Å². The molecule has 0 unspecified atom stereocenters. The predicted molar refractivity (Wildman–Crippen MR) is 258 cm³/mol. The lowest BCUT2D eigenvalue weighted by Gasteiger charge is -2.19. The molecule has 0 atom stereocenters. The summed E-state index contributed by atoms with van der Waals surface area (Å²) < 4.78 is 9.06. The first-order valence-electron chi connectivity index (χ1n) is 22.0. The highest BCUT2D eigenvalue weighted by Crippen LogP contribution is 2.39. The van der Waals surface area contributed by atoms with Gasteiger partial charge in [0, 0.05) is 153 Å². The number of aromatic nitrogens is 8. The lowest BCUT2D eigenvalue weighted by atomic mass is 10.00. The van der Waals surface area contributed by atoms with E-state index in [1.165, 1.54) is 22.3 Å². The van der Waals surface area contributed by atoms with Crippen molar-refractivity contribution in [2.45, 2.75) is 26.2 Å². The van der Waals surface area contributed by atoms with Gasteiger partial charge < -0.3 is 39.5 Å². The Kier molecular flexibility index (Phi) is 7.75. The minimum absolute atomic E-state index is 0.108. The van der Waals surface area contributed by atoms with Crippen molar-refractivity contribution in [2.24, 2.45) is 0 Å². The van der Waals surface area contributed by atoms with E-state index in [4.69, 9.17) is 0 Å². The van der Waals surface area contributed by atoms with E-state index in [1.54, 1.807) is 0 Å². The van der Waals surface area contributed by atoms with E-state index in [2.05, 4.69) is 108 Å². The zero-order chi connectivity index (χ0) is 43.5. The molecule has 10 aromatic rings. The number of carbonyl (C=O) groups is 1. The first-order chi connectivity index (χ1) is 32.7. The molecule has 14 rings (SSSR count). The lowest BCUT2D eigenvalue weighted by Crippen LogP contribution is -2.14. The molecule has 2 aromatic carbocycles. The summed E-state index contributed by atoms with van der Waals surface area (Å²) in [4.78, 5) is 34.0. The number of nitrogens with zero attached hydrogens (tertiary/aromatic N) is 8. The molecule has 0 spiro atoms. The van der Waals surface area contributed by atoms with Crippen LogP contribution in [0.15, 0.2) is 135 Å². The van der Waals surface area contributed by atoms with Crippen LogP contribution in [0.2, 0.25) is 0 Å². The molecule has 0 saturated heterocycles. The standard InChI is InChI=1S/C53H38N12O/c66-53(31-17-33(62-45-1-9-54-23-37(45)38-24-55-10-2-46(38)62)21-34(18-31)63-47-3-11-56-25-39(47)40-26-57-12-4-48(40)63)32-19-35(64-49-5-13-58-27-41(49)42-28-59-14-6-50(42)64)22-36(20-32)65-51-7-15-60-29-43(51)44-30-61-16-8-52(44)65/h1-24,27-28,56-57,60-61H,25-26,29-30H2. The van der Waals surface area contributed by atoms with Crippen LogP contribution in [-0.4, -0.2) is 44.0 Å². The molecule has 0 amide bonds. The predicted octanol–water partition coefficient (Wildman–Crippen LogP) is 8.57. The van der Waals surface area contributed by atoms with Crippen LogP contribution in [0.25, 0.3) is 90.7 Å². The molecule has 13 nitrogen and oxygen atoms in total. The first-order valence-corrected chi connectivity index (χ1v) is 22.0. The molecule has 4 aliphatic heterocycles. The summed E-state index contributed by atoms with van der Waals surface area (Å²) in [6.45, 7) is 2.84. The highest BCUT2D eigenvalue weighted by Gasteiger charge is 2.28. The van der Waals surface area contributed by atoms with E-state index < -0.39 is 0 Å². The van der Waals surface area contributed by atoms with Crippen LogP contribution in [0.3, 0.4) is 0 Å². The third kappa shape index (κ3) is 5.24. The van der Waals surface area contributed by atoms with Gasteiger partial charge in [-0.05, 0) is 110 Å². The van der Waals surface area contributed by atoms with Crippen molar-refractivity contribution >= 4 is 73.7 Å². The van der Waals surface area contributed by atoms with Crippen molar-refractivity contribution in [3.63, 3.8) is 0 Å². The first kappa shape index (κ1) is 36.5. The van der Waals surface area contributed by atoms with Crippen LogP contribution in [0.5, 0.6) is 0 Å². The SMILES string of the molecule is O=C(c1cc(-n2c3c(c4c2C=CNC4)CNC=C3)cc(-n2c3ccncc3c3cnccc32)c1)c1cc(-n2c3c(c4c2C=CNC4)CNC=C3)cc(-n2c3ccncc3c3cnccc32)c1. The van der Waals surface area contributed by atoms with Crippen LogP contribution in [-0.2, 0) is 26.2 Å². The van der Waals surface area contributed by atoms with Crippen molar-refractivity contribution in [2.75, 3.05) is 0 Å². The minimum atomic E-state index is -0.108. The zero-order valence-electron chi connectivity index (χ0n) is 35.3. The molecule has 0 aliphatic carbocycles. The number of benzene rings is 2. The van der Waals surface area contributed by atoms with Gasteiger partial charge in [0.05, 0.1) is 44.8 Å². The zero-order valence-corrected chi connectivity index (χ0v) is 35.3. The normalized spacial score (nSPS) is 14.4. The number of fused-ring (bicyclic) bond motifs is 12. The molecule has 8 aromatic heterocycles. The van der Waals surface area contributed by atoms with Gasteiger partial charge in [-0.3, -0.25) is 24.7 Å². The van der Waals surface area contributed by atoms with Crippen LogP contribution in [0, 0.1) is 0 Å². The Morgan fingerprint density at radius 3 is 0.985 bits per heavy atom. The molecule has 13 heteroatoms. The van der Waals surface area contributed by atoms with Gasteiger partial charge in [-0.1, -0.05) is 0 Å². The number of hydrogen-bond acceptors (Lipinski definition) is 9. The van der Waals surface area contributed by atoms with Crippen molar-refractivity contribution in [1.29, 1.82) is 0 Å². The second-order valence-electron chi connectivity index (χ2n) is 17.0. The number of hydrogen-bond donors (Lipinski definition) is 4.